The smallest absolute Gasteiger partial charge is 0.319 e. The molecule has 0 heterocycles. The molecule has 3 N–H and O–H groups in total. The Morgan fingerprint density at radius 3 is 2.95 bits per heavy atom. The number of halogens is 2. The lowest BCUT2D eigenvalue weighted by molar-refractivity contribution is 0.241. The molecule has 0 aliphatic heterocycles. The highest BCUT2D eigenvalue weighted by Crippen LogP contribution is 2.21. The van der Waals surface area contributed by atoms with Gasteiger partial charge >= 0.3 is 6.03 Å². The summed E-state index contributed by atoms with van der Waals surface area (Å²) in [6.07, 6.45) is 2.35. The van der Waals surface area contributed by atoms with Crippen molar-refractivity contribution in [2.24, 2.45) is 0 Å². The summed E-state index contributed by atoms with van der Waals surface area (Å²) >= 11 is 7.17. The van der Waals surface area contributed by atoms with Crippen molar-refractivity contribution >= 4 is 35.1 Å². The number of thioether (sulfide) groups is 1. The van der Waals surface area contributed by atoms with Gasteiger partial charge in [0, 0.05) is 18.4 Å². The van der Waals surface area contributed by atoms with E-state index < -0.39 is 11.8 Å². The number of aliphatic hydroxyl groups excluding tert-OH is 1. The van der Waals surface area contributed by atoms with Crippen molar-refractivity contribution in [1.29, 1.82) is 0 Å². The van der Waals surface area contributed by atoms with Crippen LogP contribution in [0.1, 0.15) is 6.42 Å². The SMILES string of the molecule is CSCC(CCO)NC(=O)Nc1cccc(Cl)c1F. The van der Waals surface area contributed by atoms with E-state index in [2.05, 4.69) is 10.6 Å². The second-order valence-electron chi connectivity index (χ2n) is 3.86. The zero-order chi connectivity index (χ0) is 14.3. The summed E-state index contributed by atoms with van der Waals surface area (Å²) in [5, 5.41) is 13.9. The number of hydrogen-bond donors (Lipinski definition) is 3. The molecular formula is C12H16ClFN2O2S. The second-order valence-corrected chi connectivity index (χ2v) is 5.18. The summed E-state index contributed by atoms with van der Waals surface area (Å²) in [6, 6.07) is 3.70. The number of aliphatic hydroxyl groups is 1. The van der Waals surface area contributed by atoms with Crippen molar-refractivity contribution in [2.75, 3.05) is 23.9 Å². The number of amides is 2. The Hall–Kier alpha value is -0.980. The van der Waals surface area contributed by atoms with Crippen molar-refractivity contribution in [3.8, 4) is 0 Å². The first-order valence-corrected chi connectivity index (χ1v) is 7.47. The van der Waals surface area contributed by atoms with Crippen LogP contribution in [0.15, 0.2) is 18.2 Å². The molecule has 0 bridgehead atoms. The summed E-state index contributed by atoms with van der Waals surface area (Å²) in [4.78, 5) is 11.7. The highest BCUT2D eigenvalue weighted by molar-refractivity contribution is 7.98. The first-order valence-electron chi connectivity index (χ1n) is 5.69. The minimum atomic E-state index is -0.664. The minimum absolute atomic E-state index is 0.0168. The van der Waals surface area contributed by atoms with Crippen LogP contribution >= 0.6 is 23.4 Å². The van der Waals surface area contributed by atoms with Crippen molar-refractivity contribution in [1.82, 2.24) is 5.32 Å². The molecule has 0 fully saturated rings. The zero-order valence-corrected chi connectivity index (χ0v) is 12.0. The van der Waals surface area contributed by atoms with E-state index in [9.17, 15) is 9.18 Å². The average Bonchev–Trinajstić information content (AvgIpc) is 2.35. The molecule has 0 saturated carbocycles. The van der Waals surface area contributed by atoms with Gasteiger partial charge in [0.15, 0.2) is 5.82 Å². The maximum atomic E-state index is 13.6. The Morgan fingerprint density at radius 2 is 2.32 bits per heavy atom. The van der Waals surface area contributed by atoms with Crippen LogP contribution in [0, 0.1) is 5.82 Å². The van der Waals surface area contributed by atoms with Gasteiger partial charge in [-0.2, -0.15) is 11.8 Å². The fourth-order valence-corrected chi connectivity index (χ4v) is 2.33. The van der Waals surface area contributed by atoms with Gasteiger partial charge in [-0.3, -0.25) is 0 Å². The van der Waals surface area contributed by atoms with Crippen LogP contribution in [0.25, 0.3) is 0 Å². The molecular weight excluding hydrogens is 291 g/mol. The summed E-state index contributed by atoms with van der Waals surface area (Å²) in [5.74, 6) is 0.00864. The summed E-state index contributed by atoms with van der Waals surface area (Å²) in [5.41, 5.74) is 0.0249. The number of nitrogens with one attached hydrogen (secondary N) is 2. The van der Waals surface area contributed by atoms with Gasteiger partial charge in [0.05, 0.1) is 10.7 Å². The van der Waals surface area contributed by atoms with Crippen molar-refractivity contribution in [3.63, 3.8) is 0 Å². The third kappa shape index (κ3) is 5.26. The van der Waals surface area contributed by atoms with E-state index in [1.165, 1.54) is 12.1 Å². The van der Waals surface area contributed by atoms with E-state index in [1.54, 1.807) is 17.8 Å². The number of benzene rings is 1. The zero-order valence-electron chi connectivity index (χ0n) is 10.5. The number of hydrogen-bond acceptors (Lipinski definition) is 3. The van der Waals surface area contributed by atoms with Crippen LogP contribution in [0.2, 0.25) is 5.02 Å². The molecule has 0 aliphatic rings. The Kier molecular flexibility index (Phi) is 6.97. The molecule has 0 saturated heterocycles. The molecule has 1 unspecified atom stereocenters. The topological polar surface area (TPSA) is 61.4 Å². The monoisotopic (exact) mass is 306 g/mol. The number of anilines is 1. The number of carbonyl (C=O) groups excluding carboxylic acids is 1. The molecule has 0 spiro atoms. The molecule has 0 aliphatic carbocycles. The molecule has 4 nitrogen and oxygen atoms in total. The van der Waals surface area contributed by atoms with Gasteiger partial charge in [-0.1, -0.05) is 17.7 Å². The lowest BCUT2D eigenvalue weighted by Gasteiger charge is -2.17. The van der Waals surface area contributed by atoms with Crippen LogP contribution in [0.5, 0.6) is 0 Å². The van der Waals surface area contributed by atoms with Crippen molar-refractivity contribution in [2.45, 2.75) is 12.5 Å². The molecule has 106 valence electrons. The highest BCUT2D eigenvalue weighted by atomic mass is 35.5. The molecule has 1 aromatic carbocycles. The van der Waals surface area contributed by atoms with Gasteiger partial charge in [-0.05, 0) is 24.8 Å². The van der Waals surface area contributed by atoms with Crippen LogP contribution in [0.3, 0.4) is 0 Å². The molecule has 1 rings (SSSR count). The lowest BCUT2D eigenvalue weighted by Crippen LogP contribution is -2.40. The number of carbonyl (C=O) groups is 1. The summed E-state index contributed by atoms with van der Waals surface area (Å²) in [7, 11) is 0. The normalized spacial score (nSPS) is 12.0. The Labute approximate surface area is 120 Å². The quantitative estimate of drug-likeness (QED) is 0.757. The van der Waals surface area contributed by atoms with Crippen LogP contribution in [-0.2, 0) is 0 Å². The number of rotatable bonds is 6. The summed E-state index contributed by atoms with van der Waals surface area (Å²) < 4.78 is 13.6. The van der Waals surface area contributed by atoms with Gasteiger partial charge in [0.25, 0.3) is 0 Å². The van der Waals surface area contributed by atoms with Crippen molar-refractivity contribution < 1.29 is 14.3 Å². The Balaban J connectivity index is 2.61. The van der Waals surface area contributed by atoms with E-state index in [-0.39, 0.29) is 23.4 Å². The Morgan fingerprint density at radius 1 is 1.58 bits per heavy atom. The third-order valence-electron chi connectivity index (χ3n) is 2.38. The van der Waals surface area contributed by atoms with Crippen LogP contribution in [0.4, 0.5) is 14.9 Å². The predicted octanol–water partition coefficient (Wildman–Crippen LogP) is 2.71. The molecule has 7 heteroatoms. The minimum Gasteiger partial charge on any atom is -0.396 e. The molecule has 0 radical (unpaired) electrons. The standard InChI is InChI=1S/C12H16ClFN2O2S/c1-19-7-8(5-6-17)15-12(18)16-10-4-2-3-9(13)11(10)14/h2-4,8,17H,5-7H2,1H3,(H2,15,16,18). The van der Waals surface area contributed by atoms with E-state index >= 15 is 0 Å². The van der Waals surface area contributed by atoms with Crippen molar-refractivity contribution in [3.05, 3.63) is 29.0 Å². The van der Waals surface area contributed by atoms with E-state index in [0.717, 1.165) is 0 Å². The van der Waals surface area contributed by atoms with Crippen LogP contribution < -0.4 is 10.6 Å². The third-order valence-corrected chi connectivity index (χ3v) is 3.41. The summed E-state index contributed by atoms with van der Waals surface area (Å²) in [6.45, 7) is -0.0168. The van der Waals surface area contributed by atoms with Gasteiger partial charge < -0.3 is 15.7 Å². The van der Waals surface area contributed by atoms with Gasteiger partial charge in [0.1, 0.15) is 0 Å². The molecule has 19 heavy (non-hydrogen) atoms. The fourth-order valence-electron chi connectivity index (χ4n) is 1.50. The molecule has 1 atom stereocenters. The highest BCUT2D eigenvalue weighted by Gasteiger charge is 2.13. The fraction of sp³-hybridized carbons (Fsp3) is 0.417. The molecule has 2 amide bonds. The first-order chi connectivity index (χ1) is 9.08. The molecule has 1 aromatic rings. The van der Waals surface area contributed by atoms with Gasteiger partial charge in [0.2, 0.25) is 0 Å². The van der Waals surface area contributed by atoms with E-state index in [0.29, 0.717) is 12.2 Å². The molecule has 0 aromatic heterocycles. The number of urea groups is 1. The van der Waals surface area contributed by atoms with Gasteiger partial charge in [-0.15, -0.1) is 0 Å². The second kappa shape index (κ2) is 8.24. The van der Waals surface area contributed by atoms with E-state index in [4.69, 9.17) is 16.7 Å². The van der Waals surface area contributed by atoms with Gasteiger partial charge in [-0.25, -0.2) is 9.18 Å². The maximum Gasteiger partial charge on any atom is 0.319 e. The first kappa shape index (κ1) is 16.1. The maximum absolute atomic E-state index is 13.6. The average molecular weight is 307 g/mol. The van der Waals surface area contributed by atoms with Crippen LogP contribution in [-0.4, -0.2) is 35.8 Å². The lowest BCUT2D eigenvalue weighted by atomic mass is 10.2. The Bertz CT molecular complexity index is 428. The van der Waals surface area contributed by atoms with E-state index in [1.807, 2.05) is 6.26 Å². The largest absolute Gasteiger partial charge is 0.396 e. The predicted molar refractivity (Wildman–Crippen MR) is 77.4 cm³/mol.